The SMILES string of the molecule is Cc1ccccc1CCNC(=O)CN1C(=O)C(=O)N(Cc2ccccc2)C1=O. The Balaban J connectivity index is 1.55. The van der Waals surface area contributed by atoms with Crippen molar-refractivity contribution >= 4 is 23.8 Å². The van der Waals surface area contributed by atoms with Crippen LogP contribution < -0.4 is 5.32 Å². The van der Waals surface area contributed by atoms with Gasteiger partial charge in [0.1, 0.15) is 6.54 Å². The molecule has 0 saturated carbocycles. The Labute approximate surface area is 162 Å². The van der Waals surface area contributed by atoms with E-state index in [4.69, 9.17) is 0 Å². The number of hydrogen-bond donors (Lipinski definition) is 1. The van der Waals surface area contributed by atoms with Crippen LogP contribution in [0.5, 0.6) is 0 Å². The van der Waals surface area contributed by atoms with Crippen molar-refractivity contribution in [2.75, 3.05) is 13.1 Å². The van der Waals surface area contributed by atoms with Crippen molar-refractivity contribution in [2.24, 2.45) is 0 Å². The maximum atomic E-state index is 12.4. The molecule has 7 heteroatoms. The number of imide groups is 2. The number of nitrogens with one attached hydrogen (secondary N) is 1. The van der Waals surface area contributed by atoms with Crippen molar-refractivity contribution in [1.29, 1.82) is 0 Å². The minimum absolute atomic E-state index is 0.00432. The quantitative estimate of drug-likeness (QED) is 0.585. The number of benzene rings is 2. The molecular formula is C21H21N3O4. The highest BCUT2D eigenvalue weighted by molar-refractivity contribution is 6.44. The van der Waals surface area contributed by atoms with Gasteiger partial charge in [0.05, 0.1) is 6.54 Å². The summed E-state index contributed by atoms with van der Waals surface area (Å²) < 4.78 is 0. The van der Waals surface area contributed by atoms with Crippen LogP contribution in [0, 0.1) is 6.92 Å². The summed E-state index contributed by atoms with van der Waals surface area (Å²) in [5.41, 5.74) is 2.96. The Morgan fingerprint density at radius 1 is 0.893 bits per heavy atom. The second-order valence-electron chi connectivity index (χ2n) is 6.58. The molecule has 0 atom stereocenters. The van der Waals surface area contributed by atoms with Crippen LogP contribution in [0.1, 0.15) is 16.7 Å². The van der Waals surface area contributed by atoms with Gasteiger partial charge in [-0.2, -0.15) is 0 Å². The van der Waals surface area contributed by atoms with E-state index in [9.17, 15) is 19.2 Å². The van der Waals surface area contributed by atoms with Crippen molar-refractivity contribution in [3.8, 4) is 0 Å². The van der Waals surface area contributed by atoms with Gasteiger partial charge in [0.2, 0.25) is 5.91 Å². The van der Waals surface area contributed by atoms with Crippen LogP contribution in [0.15, 0.2) is 54.6 Å². The smallest absolute Gasteiger partial charge is 0.335 e. The maximum Gasteiger partial charge on any atom is 0.335 e. The molecule has 144 valence electrons. The van der Waals surface area contributed by atoms with E-state index in [0.29, 0.717) is 17.9 Å². The van der Waals surface area contributed by atoms with Crippen molar-refractivity contribution in [3.63, 3.8) is 0 Å². The minimum atomic E-state index is -0.977. The second kappa shape index (κ2) is 8.47. The van der Waals surface area contributed by atoms with E-state index in [-0.39, 0.29) is 6.54 Å². The largest absolute Gasteiger partial charge is 0.354 e. The predicted octanol–water partition coefficient (Wildman–Crippen LogP) is 1.64. The number of aryl methyl sites for hydroxylation is 1. The predicted molar refractivity (Wildman–Crippen MR) is 102 cm³/mol. The molecule has 28 heavy (non-hydrogen) atoms. The van der Waals surface area contributed by atoms with Crippen LogP contribution in [0.3, 0.4) is 0 Å². The highest BCUT2D eigenvalue weighted by atomic mass is 16.2. The molecule has 2 aromatic rings. The molecule has 1 fully saturated rings. The van der Waals surface area contributed by atoms with Gasteiger partial charge >= 0.3 is 17.8 Å². The molecule has 0 bridgehead atoms. The first-order valence-corrected chi connectivity index (χ1v) is 9.00. The lowest BCUT2D eigenvalue weighted by molar-refractivity contribution is -0.144. The third-order valence-corrected chi connectivity index (χ3v) is 4.60. The van der Waals surface area contributed by atoms with Crippen molar-refractivity contribution in [2.45, 2.75) is 19.9 Å². The molecule has 1 aliphatic rings. The van der Waals surface area contributed by atoms with Gasteiger partial charge < -0.3 is 5.32 Å². The molecule has 1 heterocycles. The van der Waals surface area contributed by atoms with E-state index >= 15 is 0 Å². The zero-order chi connectivity index (χ0) is 20.1. The van der Waals surface area contributed by atoms with Gasteiger partial charge in [-0.15, -0.1) is 0 Å². The lowest BCUT2D eigenvalue weighted by atomic mass is 10.1. The molecule has 0 unspecified atom stereocenters. The fourth-order valence-corrected chi connectivity index (χ4v) is 3.02. The summed E-state index contributed by atoms with van der Waals surface area (Å²) in [5.74, 6) is -2.37. The van der Waals surface area contributed by atoms with E-state index in [2.05, 4.69) is 5.32 Å². The summed E-state index contributed by atoms with van der Waals surface area (Å²) in [6.45, 7) is 1.89. The van der Waals surface area contributed by atoms with Gasteiger partial charge in [0, 0.05) is 6.54 Å². The van der Waals surface area contributed by atoms with Crippen LogP contribution >= 0.6 is 0 Å². The number of carbonyl (C=O) groups excluding carboxylic acids is 4. The minimum Gasteiger partial charge on any atom is -0.354 e. The number of nitrogens with zero attached hydrogens (tertiary/aromatic N) is 2. The summed E-state index contributed by atoms with van der Waals surface area (Å²) in [6, 6.07) is 16.0. The summed E-state index contributed by atoms with van der Waals surface area (Å²) in [5, 5.41) is 2.69. The number of rotatable bonds is 7. The Kier molecular flexibility index (Phi) is 5.84. The normalized spacial score (nSPS) is 14.0. The number of carbonyl (C=O) groups is 4. The summed E-state index contributed by atoms with van der Waals surface area (Å²) in [6.07, 6.45) is 0.638. The number of hydrogen-bond acceptors (Lipinski definition) is 4. The first-order valence-electron chi connectivity index (χ1n) is 9.00. The molecule has 5 amide bonds. The highest BCUT2D eigenvalue weighted by Gasteiger charge is 2.45. The molecule has 3 rings (SSSR count). The van der Waals surface area contributed by atoms with Crippen molar-refractivity contribution in [3.05, 3.63) is 71.3 Å². The van der Waals surface area contributed by atoms with E-state index in [1.807, 2.05) is 37.3 Å². The molecule has 1 saturated heterocycles. The third-order valence-electron chi connectivity index (χ3n) is 4.60. The van der Waals surface area contributed by atoms with Crippen LogP contribution in [0.25, 0.3) is 0 Å². The zero-order valence-corrected chi connectivity index (χ0v) is 15.6. The fourth-order valence-electron chi connectivity index (χ4n) is 3.02. The Hall–Kier alpha value is -3.48. The summed E-state index contributed by atoms with van der Waals surface area (Å²) in [7, 11) is 0. The van der Waals surface area contributed by atoms with Crippen LogP contribution in [0.2, 0.25) is 0 Å². The molecule has 0 spiro atoms. The van der Waals surface area contributed by atoms with Crippen LogP contribution in [-0.4, -0.2) is 46.6 Å². The highest BCUT2D eigenvalue weighted by Crippen LogP contribution is 2.15. The Morgan fingerprint density at radius 2 is 1.54 bits per heavy atom. The van der Waals surface area contributed by atoms with Gasteiger partial charge in [-0.05, 0) is 30.0 Å². The van der Waals surface area contributed by atoms with Gasteiger partial charge in [0.15, 0.2) is 0 Å². The Bertz CT molecular complexity index is 911. The van der Waals surface area contributed by atoms with Crippen molar-refractivity contribution in [1.82, 2.24) is 15.1 Å². The van der Waals surface area contributed by atoms with Crippen LogP contribution in [0.4, 0.5) is 4.79 Å². The fraction of sp³-hybridized carbons (Fsp3) is 0.238. The standard InChI is InChI=1S/C21H21N3O4/c1-15-7-5-6-10-17(15)11-12-22-18(25)14-24-20(27)19(26)23(21(24)28)13-16-8-3-2-4-9-16/h2-10H,11-14H2,1H3,(H,22,25). The van der Waals surface area contributed by atoms with Crippen LogP contribution in [-0.2, 0) is 27.3 Å². The lowest BCUT2D eigenvalue weighted by Gasteiger charge is -2.15. The summed E-state index contributed by atoms with van der Waals surface area (Å²) in [4.78, 5) is 50.4. The van der Waals surface area contributed by atoms with Gasteiger partial charge in [-0.25, -0.2) is 9.69 Å². The van der Waals surface area contributed by atoms with Crippen molar-refractivity contribution < 1.29 is 19.2 Å². The molecule has 1 N–H and O–H groups in total. The topological polar surface area (TPSA) is 86.8 Å². The summed E-state index contributed by atoms with van der Waals surface area (Å²) >= 11 is 0. The van der Waals surface area contributed by atoms with Gasteiger partial charge in [-0.3, -0.25) is 19.3 Å². The van der Waals surface area contributed by atoms with E-state index in [1.54, 1.807) is 24.3 Å². The molecule has 1 aliphatic heterocycles. The van der Waals surface area contributed by atoms with Gasteiger partial charge in [-0.1, -0.05) is 54.6 Å². The average molecular weight is 379 g/mol. The zero-order valence-electron chi connectivity index (χ0n) is 15.6. The number of urea groups is 1. The maximum absolute atomic E-state index is 12.4. The molecule has 2 aromatic carbocycles. The van der Waals surface area contributed by atoms with E-state index in [0.717, 1.165) is 21.6 Å². The lowest BCUT2D eigenvalue weighted by Crippen LogP contribution is -2.41. The molecule has 0 aromatic heterocycles. The molecule has 0 aliphatic carbocycles. The molecule has 7 nitrogen and oxygen atoms in total. The molecular weight excluding hydrogens is 358 g/mol. The monoisotopic (exact) mass is 379 g/mol. The Morgan fingerprint density at radius 3 is 2.25 bits per heavy atom. The third kappa shape index (κ3) is 4.25. The van der Waals surface area contributed by atoms with E-state index < -0.39 is 30.3 Å². The second-order valence-corrected chi connectivity index (χ2v) is 6.58. The van der Waals surface area contributed by atoms with Gasteiger partial charge in [0.25, 0.3) is 0 Å². The first kappa shape index (κ1) is 19.3. The average Bonchev–Trinajstić information content (AvgIpc) is 2.88. The molecule has 0 radical (unpaired) electrons. The number of amides is 5. The van der Waals surface area contributed by atoms with E-state index in [1.165, 1.54) is 0 Å². The first-order chi connectivity index (χ1) is 13.5.